The average Bonchev–Trinajstić information content (AvgIpc) is 3.27. The van der Waals surface area contributed by atoms with Gasteiger partial charge in [-0.05, 0) is 42.5 Å². The summed E-state index contributed by atoms with van der Waals surface area (Å²) in [7, 11) is 1.45. The van der Waals surface area contributed by atoms with Gasteiger partial charge in [0.1, 0.15) is 0 Å². The summed E-state index contributed by atoms with van der Waals surface area (Å²) in [5.41, 5.74) is 12.9. The Hall–Kier alpha value is -2.76. The Kier molecular flexibility index (Phi) is 3.63. The summed E-state index contributed by atoms with van der Waals surface area (Å²) in [4.78, 5) is 18.3. The summed E-state index contributed by atoms with van der Waals surface area (Å²) in [6.07, 6.45) is 7.13. The number of methoxy groups -OCH3 is 1. The van der Waals surface area contributed by atoms with Crippen LogP contribution >= 0.6 is 0 Å². The lowest BCUT2D eigenvalue weighted by Crippen LogP contribution is -2.58. The van der Waals surface area contributed by atoms with Gasteiger partial charge in [0.2, 0.25) is 0 Å². The number of benzene rings is 1. The van der Waals surface area contributed by atoms with Crippen LogP contribution in [0.4, 0.5) is 11.4 Å². The van der Waals surface area contributed by atoms with Gasteiger partial charge in [-0.15, -0.1) is 0 Å². The van der Waals surface area contributed by atoms with Gasteiger partial charge in [0.25, 0.3) is 0 Å². The van der Waals surface area contributed by atoms with Crippen LogP contribution in [0.15, 0.2) is 46.7 Å². The van der Waals surface area contributed by atoms with E-state index in [0.29, 0.717) is 12.1 Å². The average molecular weight is 377 g/mol. The van der Waals surface area contributed by atoms with Gasteiger partial charge in [-0.25, -0.2) is 4.79 Å². The Bertz CT molecular complexity index is 993. The van der Waals surface area contributed by atoms with Crippen molar-refractivity contribution in [3.05, 3.63) is 57.6 Å². The van der Waals surface area contributed by atoms with Crippen LogP contribution in [-0.2, 0) is 14.9 Å². The highest BCUT2D eigenvalue weighted by Crippen LogP contribution is 2.64. The van der Waals surface area contributed by atoms with Crippen molar-refractivity contribution >= 4 is 17.3 Å². The number of azide groups is 1. The molecule has 4 aliphatic rings. The second kappa shape index (κ2) is 5.87. The Morgan fingerprint density at radius 3 is 3.11 bits per heavy atom. The smallest absolute Gasteiger partial charge is 0.335 e. The number of hydrogen-bond acceptors (Lipinski definition) is 5. The zero-order chi connectivity index (χ0) is 19.5. The minimum Gasteiger partial charge on any atom is -0.466 e. The molecule has 0 aromatic heterocycles. The maximum Gasteiger partial charge on any atom is 0.335 e. The van der Waals surface area contributed by atoms with Gasteiger partial charge in [-0.2, -0.15) is 0 Å². The Morgan fingerprint density at radius 1 is 1.50 bits per heavy atom. The molecule has 3 heterocycles. The SMILES string of the molecule is CC[C@]12C=CCN3CC[C@]4(C(=C(C(=O)OC)C1)Nc1ccc(N=[N+]=[N-])cc14)[C@@H]32. The molecule has 144 valence electrons. The molecule has 1 aromatic carbocycles. The molecule has 28 heavy (non-hydrogen) atoms. The molecule has 3 aliphatic heterocycles. The largest absolute Gasteiger partial charge is 0.466 e. The molecular formula is C21H23N5O2. The van der Waals surface area contributed by atoms with E-state index in [4.69, 9.17) is 10.3 Å². The number of hydrogen-bond donors (Lipinski definition) is 1. The predicted octanol–water partition coefficient (Wildman–Crippen LogP) is 4.16. The monoisotopic (exact) mass is 377 g/mol. The number of nitrogens with one attached hydrogen (secondary N) is 1. The van der Waals surface area contributed by atoms with E-state index in [-0.39, 0.29) is 22.8 Å². The van der Waals surface area contributed by atoms with Gasteiger partial charge in [-0.3, -0.25) is 4.90 Å². The van der Waals surface area contributed by atoms with Crippen molar-refractivity contribution in [1.29, 1.82) is 0 Å². The van der Waals surface area contributed by atoms with Gasteiger partial charge < -0.3 is 10.1 Å². The van der Waals surface area contributed by atoms with Crippen LogP contribution in [0.3, 0.4) is 0 Å². The summed E-state index contributed by atoms with van der Waals surface area (Å²) >= 11 is 0. The predicted molar refractivity (Wildman–Crippen MR) is 106 cm³/mol. The van der Waals surface area contributed by atoms with Gasteiger partial charge in [0, 0.05) is 46.5 Å². The third-order valence-electron chi connectivity index (χ3n) is 7.21. The van der Waals surface area contributed by atoms with Crippen LogP contribution in [0.2, 0.25) is 0 Å². The first-order valence-electron chi connectivity index (χ1n) is 9.80. The molecule has 1 aromatic rings. The second-order valence-corrected chi connectivity index (χ2v) is 8.17. The lowest BCUT2D eigenvalue weighted by Gasteiger charge is -2.53. The zero-order valence-corrected chi connectivity index (χ0v) is 16.1. The molecule has 0 radical (unpaired) electrons. The number of carbonyl (C=O) groups excluding carboxylic acids is 1. The van der Waals surface area contributed by atoms with Crippen molar-refractivity contribution in [3.8, 4) is 0 Å². The van der Waals surface area contributed by atoms with Crippen LogP contribution in [0.5, 0.6) is 0 Å². The lowest BCUT2D eigenvalue weighted by atomic mass is 9.55. The van der Waals surface area contributed by atoms with Crippen LogP contribution in [0.25, 0.3) is 10.4 Å². The first kappa shape index (κ1) is 17.3. The lowest BCUT2D eigenvalue weighted by molar-refractivity contribution is -0.137. The van der Waals surface area contributed by atoms with Crippen molar-refractivity contribution in [2.75, 3.05) is 25.5 Å². The molecule has 1 saturated heterocycles. The van der Waals surface area contributed by atoms with E-state index in [9.17, 15) is 4.79 Å². The van der Waals surface area contributed by atoms with Crippen molar-refractivity contribution in [2.45, 2.75) is 37.6 Å². The summed E-state index contributed by atoms with van der Waals surface area (Å²) in [6.45, 7) is 4.11. The van der Waals surface area contributed by atoms with Crippen molar-refractivity contribution < 1.29 is 9.53 Å². The molecule has 3 atom stereocenters. The molecular weight excluding hydrogens is 354 g/mol. The van der Waals surface area contributed by atoms with E-state index in [2.05, 4.69) is 39.3 Å². The molecule has 1 N–H and O–H groups in total. The normalized spacial score (nSPS) is 32.1. The number of fused-ring (bicyclic) bond motifs is 1. The summed E-state index contributed by atoms with van der Waals surface area (Å²) in [6, 6.07) is 6.05. The zero-order valence-electron chi connectivity index (χ0n) is 16.1. The summed E-state index contributed by atoms with van der Waals surface area (Å²) < 4.78 is 5.19. The van der Waals surface area contributed by atoms with Gasteiger partial charge in [0.15, 0.2) is 0 Å². The van der Waals surface area contributed by atoms with Gasteiger partial charge >= 0.3 is 5.97 Å². The molecule has 7 heteroatoms. The molecule has 0 amide bonds. The Morgan fingerprint density at radius 2 is 2.36 bits per heavy atom. The number of carbonyl (C=O) groups is 1. The molecule has 1 aliphatic carbocycles. The third kappa shape index (κ3) is 1.98. The Labute approximate surface area is 163 Å². The highest BCUT2D eigenvalue weighted by molar-refractivity contribution is 5.93. The minimum absolute atomic E-state index is 0.112. The number of anilines is 1. The molecule has 1 spiro atoms. The maximum atomic E-state index is 12.8. The van der Waals surface area contributed by atoms with Crippen LogP contribution in [0.1, 0.15) is 31.7 Å². The minimum atomic E-state index is -0.307. The van der Waals surface area contributed by atoms with Crippen LogP contribution < -0.4 is 5.32 Å². The van der Waals surface area contributed by atoms with E-state index in [1.165, 1.54) is 7.11 Å². The summed E-state index contributed by atoms with van der Waals surface area (Å²) in [5.74, 6) is -0.256. The highest BCUT2D eigenvalue weighted by Gasteiger charge is 2.65. The molecule has 7 nitrogen and oxygen atoms in total. The number of esters is 1. The van der Waals surface area contributed by atoms with Gasteiger partial charge in [0.05, 0.1) is 18.1 Å². The van der Waals surface area contributed by atoms with E-state index < -0.39 is 0 Å². The fourth-order valence-electron chi connectivity index (χ4n) is 6.16. The second-order valence-electron chi connectivity index (χ2n) is 8.17. The van der Waals surface area contributed by atoms with E-state index in [0.717, 1.165) is 48.5 Å². The number of nitrogens with zero attached hydrogens (tertiary/aromatic N) is 4. The maximum absolute atomic E-state index is 12.8. The third-order valence-corrected chi connectivity index (χ3v) is 7.21. The highest BCUT2D eigenvalue weighted by atomic mass is 16.5. The summed E-state index contributed by atoms with van der Waals surface area (Å²) in [5, 5.41) is 7.39. The molecule has 0 bridgehead atoms. The molecule has 5 rings (SSSR count). The fourth-order valence-corrected chi connectivity index (χ4v) is 6.16. The van der Waals surface area contributed by atoms with Crippen LogP contribution in [0, 0.1) is 5.41 Å². The number of ether oxygens (including phenoxy) is 1. The first-order valence-corrected chi connectivity index (χ1v) is 9.80. The van der Waals surface area contributed by atoms with E-state index >= 15 is 0 Å². The van der Waals surface area contributed by atoms with Crippen LogP contribution in [-0.4, -0.2) is 37.1 Å². The molecule has 0 unspecified atom stereocenters. The van der Waals surface area contributed by atoms with Crippen molar-refractivity contribution in [1.82, 2.24) is 4.90 Å². The van der Waals surface area contributed by atoms with Crippen molar-refractivity contribution in [3.63, 3.8) is 0 Å². The molecule has 0 saturated carbocycles. The fraction of sp³-hybridized carbons (Fsp3) is 0.476. The van der Waals surface area contributed by atoms with Crippen molar-refractivity contribution in [2.24, 2.45) is 10.5 Å². The molecule has 1 fully saturated rings. The van der Waals surface area contributed by atoms with Gasteiger partial charge in [-0.1, -0.05) is 30.3 Å². The number of rotatable bonds is 3. The Balaban J connectivity index is 1.82. The topological polar surface area (TPSA) is 90.3 Å². The van der Waals surface area contributed by atoms with E-state index in [1.807, 2.05) is 18.2 Å². The van der Waals surface area contributed by atoms with E-state index in [1.54, 1.807) is 0 Å². The quantitative estimate of drug-likeness (QED) is 0.281. The standard InChI is InChI=1S/C21H23N5O2/c1-3-20-7-4-9-26-10-8-21(19(20)26)15-11-13(24-25-22)5-6-16(15)23-17(21)14(12-20)18(27)28-2/h4-7,11,19,23H,3,8-10,12H2,1-2H3/t19-,20-,21-/m0/s1. The first-order chi connectivity index (χ1) is 13.6.